The van der Waals surface area contributed by atoms with Gasteiger partial charge in [0.1, 0.15) is 5.82 Å². The van der Waals surface area contributed by atoms with Crippen molar-refractivity contribution in [1.82, 2.24) is 10.3 Å². The summed E-state index contributed by atoms with van der Waals surface area (Å²) in [5.41, 5.74) is 3.82. The number of hydrogen-bond donors (Lipinski definition) is 3. The summed E-state index contributed by atoms with van der Waals surface area (Å²) in [5.74, 6) is 5.78. The van der Waals surface area contributed by atoms with E-state index in [0.717, 1.165) is 10.9 Å². The zero-order chi connectivity index (χ0) is 15.5. The Bertz CT molecular complexity index is 657. The van der Waals surface area contributed by atoms with Crippen LogP contribution in [0.5, 0.6) is 0 Å². The molecule has 1 amide bonds. The monoisotopic (exact) mass is 304 g/mol. The molecule has 0 spiro atoms. The number of benzene rings is 1. The van der Waals surface area contributed by atoms with Crippen molar-refractivity contribution in [2.75, 3.05) is 18.2 Å². The minimum atomic E-state index is -0.118. The fourth-order valence-electron chi connectivity index (χ4n) is 1.90. The molecule has 0 atom stereocenters. The van der Waals surface area contributed by atoms with Gasteiger partial charge < -0.3 is 10.7 Å². The van der Waals surface area contributed by atoms with Gasteiger partial charge in [0.25, 0.3) is 5.91 Å². The molecule has 1 aromatic carbocycles. The molecule has 6 heteroatoms. The Morgan fingerprint density at radius 1 is 1.38 bits per heavy atom. The summed E-state index contributed by atoms with van der Waals surface area (Å²) >= 11 is 1.72. The third-order valence-electron chi connectivity index (χ3n) is 3.34. The number of para-hydroxylation sites is 1. The number of nitrogens with one attached hydrogen (secondary N) is 2. The maximum absolute atomic E-state index is 12.5. The highest BCUT2D eigenvalue weighted by molar-refractivity contribution is 7.99. The SMILES string of the molecule is CSC(C)(C)CNC(=O)c1cc(NN)nc2ccccc12. The first-order valence-electron chi connectivity index (χ1n) is 6.66. The molecule has 0 unspecified atom stereocenters. The first-order valence-corrected chi connectivity index (χ1v) is 7.89. The summed E-state index contributed by atoms with van der Waals surface area (Å²) in [4.78, 5) is 16.8. The molecular formula is C15H20N4OS. The van der Waals surface area contributed by atoms with Crippen LogP contribution >= 0.6 is 11.8 Å². The Hall–Kier alpha value is -1.79. The van der Waals surface area contributed by atoms with Crippen LogP contribution in [0.2, 0.25) is 0 Å². The van der Waals surface area contributed by atoms with Crippen LogP contribution in [-0.2, 0) is 0 Å². The number of nitrogen functional groups attached to an aromatic ring is 1. The quantitative estimate of drug-likeness (QED) is 0.584. The number of nitrogens with zero attached hydrogens (tertiary/aromatic N) is 1. The first kappa shape index (κ1) is 15.6. The highest BCUT2D eigenvalue weighted by Gasteiger charge is 2.19. The zero-order valence-corrected chi connectivity index (χ0v) is 13.3. The van der Waals surface area contributed by atoms with E-state index >= 15 is 0 Å². The number of nitrogens with two attached hydrogens (primary N) is 1. The van der Waals surface area contributed by atoms with Gasteiger partial charge in [0.05, 0.1) is 11.1 Å². The molecular weight excluding hydrogens is 284 g/mol. The fraction of sp³-hybridized carbons (Fsp3) is 0.333. The lowest BCUT2D eigenvalue weighted by Gasteiger charge is -2.22. The summed E-state index contributed by atoms with van der Waals surface area (Å²) in [7, 11) is 0. The third kappa shape index (κ3) is 3.65. The number of thioether (sulfide) groups is 1. The number of pyridine rings is 1. The molecule has 0 bridgehead atoms. The summed E-state index contributed by atoms with van der Waals surface area (Å²) in [6, 6.07) is 9.19. The Kier molecular flexibility index (Phi) is 4.69. The number of amides is 1. The Morgan fingerprint density at radius 3 is 2.76 bits per heavy atom. The summed E-state index contributed by atoms with van der Waals surface area (Å²) in [5, 5.41) is 3.79. The number of aromatic nitrogens is 1. The second-order valence-corrected chi connectivity index (χ2v) is 6.88. The van der Waals surface area contributed by atoms with Crippen LogP contribution in [-0.4, -0.2) is 28.4 Å². The average Bonchev–Trinajstić information content (AvgIpc) is 2.51. The Balaban J connectivity index is 2.34. The van der Waals surface area contributed by atoms with Crippen molar-refractivity contribution < 1.29 is 4.79 Å². The van der Waals surface area contributed by atoms with Gasteiger partial charge >= 0.3 is 0 Å². The molecule has 2 rings (SSSR count). The molecule has 1 heterocycles. The second-order valence-electron chi connectivity index (χ2n) is 5.36. The van der Waals surface area contributed by atoms with Gasteiger partial charge in [-0.15, -0.1) is 0 Å². The van der Waals surface area contributed by atoms with E-state index in [1.165, 1.54) is 0 Å². The molecule has 0 saturated carbocycles. The molecule has 0 saturated heterocycles. The number of carbonyl (C=O) groups is 1. The van der Waals surface area contributed by atoms with Crippen LogP contribution in [0.1, 0.15) is 24.2 Å². The molecule has 0 fully saturated rings. The number of rotatable bonds is 5. The van der Waals surface area contributed by atoms with Crippen molar-refractivity contribution >= 4 is 34.4 Å². The van der Waals surface area contributed by atoms with Crippen molar-refractivity contribution in [2.24, 2.45) is 5.84 Å². The van der Waals surface area contributed by atoms with Crippen LogP contribution in [0.4, 0.5) is 5.82 Å². The second kappa shape index (κ2) is 6.32. The number of hydrazine groups is 1. The van der Waals surface area contributed by atoms with Crippen molar-refractivity contribution in [1.29, 1.82) is 0 Å². The molecule has 112 valence electrons. The van der Waals surface area contributed by atoms with E-state index in [2.05, 4.69) is 29.6 Å². The van der Waals surface area contributed by atoms with Gasteiger partial charge in [-0.05, 0) is 32.2 Å². The van der Waals surface area contributed by atoms with Crippen LogP contribution in [0, 0.1) is 0 Å². The lowest BCUT2D eigenvalue weighted by atomic mass is 10.1. The van der Waals surface area contributed by atoms with Gasteiger partial charge in [-0.25, -0.2) is 10.8 Å². The smallest absolute Gasteiger partial charge is 0.252 e. The lowest BCUT2D eigenvalue weighted by Crippen LogP contribution is -2.36. The van der Waals surface area contributed by atoms with E-state index in [4.69, 9.17) is 5.84 Å². The fourth-order valence-corrected chi connectivity index (χ4v) is 2.11. The number of anilines is 1. The Morgan fingerprint density at radius 2 is 2.10 bits per heavy atom. The van der Waals surface area contributed by atoms with Gasteiger partial charge in [-0.1, -0.05) is 18.2 Å². The first-order chi connectivity index (χ1) is 9.96. The van der Waals surface area contributed by atoms with Gasteiger partial charge in [-0.3, -0.25) is 4.79 Å². The number of fused-ring (bicyclic) bond motifs is 1. The predicted molar refractivity (Wildman–Crippen MR) is 89.5 cm³/mol. The standard InChI is InChI=1S/C15H20N4OS/c1-15(2,21-3)9-17-14(20)11-8-13(19-16)18-12-7-5-4-6-10(11)12/h4-8H,9,16H2,1-3H3,(H,17,20)(H,18,19). The average molecular weight is 304 g/mol. The van der Waals surface area contributed by atoms with Gasteiger partial charge in [-0.2, -0.15) is 11.8 Å². The van der Waals surface area contributed by atoms with Gasteiger partial charge in [0, 0.05) is 16.7 Å². The van der Waals surface area contributed by atoms with E-state index in [9.17, 15) is 4.79 Å². The molecule has 5 nitrogen and oxygen atoms in total. The molecule has 21 heavy (non-hydrogen) atoms. The van der Waals surface area contributed by atoms with Crippen LogP contribution < -0.4 is 16.6 Å². The number of carbonyl (C=O) groups excluding carboxylic acids is 1. The third-order valence-corrected chi connectivity index (χ3v) is 4.59. The maximum Gasteiger partial charge on any atom is 0.252 e. The molecule has 0 aliphatic carbocycles. The van der Waals surface area contributed by atoms with E-state index in [1.54, 1.807) is 17.8 Å². The van der Waals surface area contributed by atoms with Crippen molar-refractivity contribution in [3.63, 3.8) is 0 Å². The highest BCUT2D eigenvalue weighted by atomic mass is 32.2. The number of hydrogen-bond acceptors (Lipinski definition) is 5. The topological polar surface area (TPSA) is 80.0 Å². The molecule has 0 aliphatic heterocycles. The molecule has 4 N–H and O–H groups in total. The van der Waals surface area contributed by atoms with Crippen molar-refractivity contribution in [3.8, 4) is 0 Å². The van der Waals surface area contributed by atoms with Crippen LogP contribution in [0.25, 0.3) is 10.9 Å². The maximum atomic E-state index is 12.5. The lowest BCUT2D eigenvalue weighted by molar-refractivity contribution is 0.0952. The summed E-state index contributed by atoms with van der Waals surface area (Å²) in [6.45, 7) is 4.78. The van der Waals surface area contributed by atoms with Gasteiger partial charge in [0.2, 0.25) is 0 Å². The zero-order valence-electron chi connectivity index (χ0n) is 12.4. The summed E-state index contributed by atoms with van der Waals surface area (Å²) in [6.07, 6.45) is 2.03. The molecule has 1 aromatic heterocycles. The van der Waals surface area contributed by atoms with E-state index < -0.39 is 0 Å². The normalized spacial score (nSPS) is 11.4. The van der Waals surface area contributed by atoms with E-state index in [0.29, 0.717) is 17.9 Å². The highest BCUT2D eigenvalue weighted by Crippen LogP contribution is 2.22. The summed E-state index contributed by atoms with van der Waals surface area (Å²) < 4.78 is -0.00651. The molecule has 0 radical (unpaired) electrons. The minimum Gasteiger partial charge on any atom is -0.351 e. The van der Waals surface area contributed by atoms with Crippen LogP contribution in [0.3, 0.4) is 0 Å². The molecule has 0 aliphatic rings. The molecule has 2 aromatic rings. The minimum absolute atomic E-state index is 0.00651. The largest absolute Gasteiger partial charge is 0.351 e. The predicted octanol–water partition coefficient (Wildman–Crippen LogP) is 2.39. The van der Waals surface area contributed by atoms with Crippen molar-refractivity contribution in [2.45, 2.75) is 18.6 Å². The Labute approximate surface area is 128 Å². The van der Waals surface area contributed by atoms with Crippen molar-refractivity contribution in [3.05, 3.63) is 35.9 Å². The van der Waals surface area contributed by atoms with Crippen LogP contribution in [0.15, 0.2) is 30.3 Å². The van der Waals surface area contributed by atoms with E-state index in [-0.39, 0.29) is 10.7 Å². The van der Waals surface area contributed by atoms with E-state index in [1.807, 2.05) is 30.5 Å². The van der Waals surface area contributed by atoms with Gasteiger partial charge in [0.15, 0.2) is 0 Å².